The van der Waals surface area contributed by atoms with E-state index in [0.717, 1.165) is 32.5 Å². The molecule has 1 heterocycles. The third kappa shape index (κ3) is 6.93. The second-order valence-electron chi connectivity index (χ2n) is 9.30. The molecule has 1 N–H and O–H groups in total. The molecule has 214 valence electrons. The van der Waals surface area contributed by atoms with E-state index >= 15 is 0 Å². The summed E-state index contributed by atoms with van der Waals surface area (Å²) in [5, 5.41) is 5.20. The van der Waals surface area contributed by atoms with Crippen LogP contribution >= 0.6 is 23.2 Å². The van der Waals surface area contributed by atoms with Crippen LogP contribution in [0.5, 0.6) is 5.75 Å². The summed E-state index contributed by atoms with van der Waals surface area (Å²) < 4.78 is 35.7. The number of hydrazone groups is 1. The molecule has 0 aliphatic rings. The van der Waals surface area contributed by atoms with E-state index < -0.39 is 22.5 Å². The maximum atomic E-state index is 13.6. The summed E-state index contributed by atoms with van der Waals surface area (Å²) in [6.07, 6.45) is 1.51. The first kappa shape index (κ1) is 30.2. The first-order valence-electron chi connectivity index (χ1n) is 12.8. The third-order valence-electron chi connectivity index (χ3n) is 6.34. The zero-order valence-corrected chi connectivity index (χ0v) is 25.4. The summed E-state index contributed by atoms with van der Waals surface area (Å²) in [7, 11) is -4.08. The minimum absolute atomic E-state index is 0.0324. The van der Waals surface area contributed by atoms with E-state index in [4.69, 9.17) is 27.9 Å². The molecular weight excluding hydrogens is 583 g/mol. The number of hydrogen-bond acceptors (Lipinski definition) is 5. The molecular formula is C30H30Cl2N4O4S. The van der Waals surface area contributed by atoms with Crippen LogP contribution in [0.1, 0.15) is 29.4 Å². The Morgan fingerprint density at radius 1 is 1.00 bits per heavy atom. The molecule has 8 nitrogen and oxygen atoms in total. The Morgan fingerprint density at radius 2 is 1.68 bits per heavy atom. The van der Waals surface area contributed by atoms with Crippen LogP contribution in [0.25, 0.3) is 5.69 Å². The lowest BCUT2D eigenvalue weighted by Gasteiger charge is -2.24. The lowest BCUT2D eigenvalue weighted by atomic mass is 10.2. The molecule has 0 spiro atoms. The van der Waals surface area contributed by atoms with E-state index in [1.807, 2.05) is 38.3 Å². The molecule has 0 atom stereocenters. The van der Waals surface area contributed by atoms with Gasteiger partial charge in [-0.05, 0) is 88.4 Å². The number of anilines is 1. The maximum absolute atomic E-state index is 13.6. The second-order valence-corrected chi connectivity index (χ2v) is 12.0. The van der Waals surface area contributed by atoms with Crippen LogP contribution in [-0.2, 0) is 14.8 Å². The fourth-order valence-corrected chi connectivity index (χ4v) is 6.10. The molecule has 4 aromatic rings. The van der Waals surface area contributed by atoms with Crippen molar-refractivity contribution in [1.29, 1.82) is 0 Å². The molecule has 0 radical (unpaired) electrons. The van der Waals surface area contributed by atoms with Gasteiger partial charge < -0.3 is 9.30 Å². The molecule has 0 unspecified atom stereocenters. The number of ether oxygens (including phenoxy) is 1. The highest BCUT2D eigenvalue weighted by Crippen LogP contribution is 2.29. The predicted molar refractivity (Wildman–Crippen MR) is 164 cm³/mol. The van der Waals surface area contributed by atoms with Crippen LogP contribution in [0.3, 0.4) is 0 Å². The van der Waals surface area contributed by atoms with E-state index in [-0.39, 0.29) is 4.90 Å². The minimum atomic E-state index is -4.08. The van der Waals surface area contributed by atoms with Gasteiger partial charge in [0.25, 0.3) is 15.9 Å². The van der Waals surface area contributed by atoms with Crippen LogP contribution in [0, 0.1) is 20.8 Å². The van der Waals surface area contributed by atoms with Gasteiger partial charge in [0.15, 0.2) is 0 Å². The monoisotopic (exact) mass is 612 g/mol. The average molecular weight is 614 g/mol. The Morgan fingerprint density at radius 3 is 2.34 bits per heavy atom. The molecule has 1 amide bonds. The van der Waals surface area contributed by atoms with E-state index in [2.05, 4.69) is 10.5 Å². The molecule has 3 aromatic carbocycles. The number of nitrogens with one attached hydrogen (secondary N) is 1. The summed E-state index contributed by atoms with van der Waals surface area (Å²) in [6.45, 7) is 7.54. The van der Waals surface area contributed by atoms with Gasteiger partial charge in [0.1, 0.15) is 12.3 Å². The largest absolute Gasteiger partial charge is 0.494 e. The van der Waals surface area contributed by atoms with Gasteiger partial charge in [0, 0.05) is 22.0 Å². The lowest BCUT2D eigenvalue weighted by molar-refractivity contribution is -0.119. The average Bonchev–Trinajstić information content (AvgIpc) is 3.22. The number of benzene rings is 3. The number of hydrogen-bond donors (Lipinski definition) is 1. The van der Waals surface area contributed by atoms with Gasteiger partial charge in [0.2, 0.25) is 0 Å². The van der Waals surface area contributed by atoms with Gasteiger partial charge in [-0.2, -0.15) is 5.10 Å². The van der Waals surface area contributed by atoms with Gasteiger partial charge in [-0.25, -0.2) is 13.8 Å². The highest BCUT2D eigenvalue weighted by atomic mass is 35.5. The minimum Gasteiger partial charge on any atom is -0.494 e. The molecule has 11 heteroatoms. The summed E-state index contributed by atoms with van der Waals surface area (Å²) in [6, 6.07) is 20.1. The van der Waals surface area contributed by atoms with Crippen molar-refractivity contribution in [2.75, 3.05) is 17.5 Å². The van der Waals surface area contributed by atoms with Crippen molar-refractivity contribution in [1.82, 2.24) is 9.99 Å². The highest BCUT2D eigenvalue weighted by Gasteiger charge is 2.27. The first-order valence-corrected chi connectivity index (χ1v) is 15.0. The van der Waals surface area contributed by atoms with Crippen molar-refractivity contribution in [3.8, 4) is 11.4 Å². The Labute approximate surface area is 250 Å². The van der Waals surface area contributed by atoms with E-state index in [1.165, 1.54) is 18.3 Å². The van der Waals surface area contributed by atoms with Crippen molar-refractivity contribution in [3.63, 3.8) is 0 Å². The SMILES string of the molecule is CCOc1ccc(S(=O)(=O)N(CC(=O)N/N=C/c2cc(C)n(-c3cc(Cl)ccc3Cl)c2C)c2ccc(C)cc2)cc1. The molecule has 0 bridgehead atoms. The standard InChI is InChI=1S/C30H30Cl2N4O4S/c1-5-40-26-11-13-27(14-12-26)41(38,39)35(25-9-6-20(2)7-10-25)19-30(37)34-33-18-23-16-21(3)36(22(23)4)29-17-24(31)8-15-28(29)32/h6-18H,5,19H2,1-4H3,(H,34,37)/b33-18+. The molecule has 0 saturated carbocycles. The van der Waals surface area contributed by atoms with Crippen molar-refractivity contribution >= 4 is 51.0 Å². The summed E-state index contributed by atoms with van der Waals surface area (Å²) in [4.78, 5) is 13.0. The zero-order chi connectivity index (χ0) is 29.7. The molecule has 0 fully saturated rings. The predicted octanol–water partition coefficient (Wildman–Crippen LogP) is 6.45. The first-order chi connectivity index (χ1) is 19.5. The Hall–Kier alpha value is -3.79. The van der Waals surface area contributed by atoms with Crippen LogP contribution in [-0.4, -0.2) is 38.3 Å². The zero-order valence-electron chi connectivity index (χ0n) is 23.1. The van der Waals surface area contributed by atoms with Crippen LogP contribution in [0.15, 0.2) is 82.8 Å². The number of carbonyl (C=O) groups is 1. The number of halogens is 2. The number of rotatable bonds is 10. The van der Waals surface area contributed by atoms with E-state index in [1.54, 1.807) is 54.6 Å². The number of carbonyl (C=O) groups excluding carboxylic acids is 1. The number of sulfonamides is 1. The maximum Gasteiger partial charge on any atom is 0.264 e. The summed E-state index contributed by atoms with van der Waals surface area (Å²) in [5.41, 5.74) is 6.97. The van der Waals surface area contributed by atoms with Crippen molar-refractivity contribution < 1.29 is 17.9 Å². The summed E-state index contributed by atoms with van der Waals surface area (Å²) >= 11 is 12.6. The number of aryl methyl sites for hydroxylation is 2. The fraction of sp³-hybridized carbons (Fsp3) is 0.200. The quantitative estimate of drug-likeness (QED) is 0.164. The van der Waals surface area contributed by atoms with Gasteiger partial charge in [-0.3, -0.25) is 9.10 Å². The Kier molecular flexibility index (Phi) is 9.42. The van der Waals surface area contributed by atoms with Crippen LogP contribution < -0.4 is 14.5 Å². The van der Waals surface area contributed by atoms with Gasteiger partial charge in [0.05, 0.1) is 34.1 Å². The van der Waals surface area contributed by atoms with Crippen molar-refractivity contribution in [3.05, 3.63) is 105 Å². The Balaban J connectivity index is 1.56. The van der Waals surface area contributed by atoms with Gasteiger partial charge in [-0.1, -0.05) is 40.9 Å². The van der Waals surface area contributed by atoms with Crippen LogP contribution in [0.2, 0.25) is 10.0 Å². The molecule has 1 aromatic heterocycles. The van der Waals surface area contributed by atoms with Crippen molar-refractivity contribution in [2.45, 2.75) is 32.6 Å². The molecule has 0 aliphatic heterocycles. The van der Waals surface area contributed by atoms with Crippen LogP contribution in [0.4, 0.5) is 5.69 Å². The van der Waals surface area contributed by atoms with Gasteiger partial charge in [-0.15, -0.1) is 0 Å². The van der Waals surface area contributed by atoms with Crippen molar-refractivity contribution in [2.24, 2.45) is 5.10 Å². The normalized spacial score (nSPS) is 11.6. The molecule has 4 rings (SSSR count). The number of amides is 1. The fourth-order valence-electron chi connectivity index (χ4n) is 4.31. The topological polar surface area (TPSA) is 93.0 Å². The van der Waals surface area contributed by atoms with E-state index in [9.17, 15) is 13.2 Å². The molecule has 0 aliphatic carbocycles. The second kappa shape index (κ2) is 12.8. The lowest BCUT2D eigenvalue weighted by Crippen LogP contribution is -2.39. The molecule has 0 saturated heterocycles. The third-order valence-corrected chi connectivity index (χ3v) is 8.69. The highest BCUT2D eigenvalue weighted by molar-refractivity contribution is 7.92. The number of nitrogens with zero attached hydrogens (tertiary/aromatic N) is 3. The Bertz CT molecular complexity index is 1680. The van der Waals surface area contributed by atoms with Gasteiger partial charge >= 0.3 is 0 Å². The smallest absolute Gasteiger partial charge is 0.264 e. The number of aromatic nitrogens is 1. The molecule has 41 heavy (non-hydrogen) atoms. The van der Waals surface area contributed by atoms with E-state index in [0.29, 0.717) is 28.1 Å². The summed E-state index contributed by atoms with van der Waals surface area (Å²) in [5.74, 6) is -0.0551.